The summed E-state index contributed by atoms with van der Waals surface area (Å²) in [5, 5.41) is 69.1. The van der Waals surface area contributed by atoms with Crippen molar-refractivity contribution in [3.63, 3.8) is 0 Å². The topological polar surface area (TPSA) is 299 Å². The fraction of sp³-hybridized carbons (Fsp3) is 0.0294. The molecule has 0 bridgehead atoms. The quantitative estimate of drug-likeness (QED) is 0.0220. The first kappa shape index (κ1) is 39.5. The molecule has 286 valence electrons. The molecule has 0 heterocycles. The molecular formula is C34H24N6O13S3. The summed E-state index contributed by atoms with van der Waals surface area (Å²) < 4.78 is 71.0. The maximum absolute atomic E-state index is 12.0. The standard InChI is InChI=1S/C34H24N6O13S3/c1-17-12-29(39-40-32-21-9-7-20(55(46,47)48)13-18(21)14-31(33(32)42)56(49,50)51)30(41)16-28(17)38-36-26-10-11-27(24-15-19(54-53-52-45)6-8-22(24)26)37-35-25-5-3-2-4-23(25)34(43)44/h2-16,41-42,45H,1H3,(H,43,44)(H,46,47,48)(H,49,50,51). The van der Waals surface area contributed by atoms with E-state index >= 15 is 0 Å². The first-order valence-corrected chi connectivity index (χ1v) is 19.0. The number of phenols is 2. The van der Waals surface area contributed by atoms with Crippen LogP contribution in [0, 0.1) is 6.92 Å². The molecule has 0 fully saturated rings. The Morgan fingerprint density at radius 2 is 1.30 bits per heavy atom. The number of aromatic hydroxyl groups is 2. The molecule has 0 unspecified atom stereocenters. The molecule has 6 rings (SSSR count). The molecule has 0 saturated carbocycles. The minimum Gasteiger partial charge on any atom is -0.506 e. The smallest absolute Gasteiger partial charge is 0.337 e. The number of carboxylic acids is 1. The van der Waals surface area contributed by atoms with Gasteiger partial charge in [0.1, 0.15) is 27.7 Å². The van der Waals surface area contributed by atoms with Crippen LogP contribution in [0.5, 0.6) is 11.5 Å². The van der Waals surface area contributed by atoms with Gasteiger partial charge in [-0.15, -0.1) is 29.9 Å². The van der Waals surface area contributed by atoms with E-state index in [1.165, 1.54) is 24.3 Å². The van der Waals surface area contributed by atoms with Crippen LogP contribution in [-0.2, 0) is 29.6 Å². The highest BCUT2D eigenvalue weighted by Crippen LogP contribution is 2.44. The molecular weight excluding hydrogens is 797 g/mol. The number of phenolic OH excluding ortho intramolecular Hbond substituents is 2. The Labute approximate surface area is 319 Å². The second kappa shape index (κ2) is 15.9. The van der Waals surface area contributed by atoms with E-state index in [2.05, 4.69) is 40.1 Å². The predicted octanol–water partition coefficient (Wildman–Crippen LogP) is 9.58. The lowest BCUT2D eigenvalue weighted by atomic mass is 10.1. The van der Waals surface area contributed by atoms with Gasteiger partial charge in [-0.25, -0.2) is 10.1 Å². The Morgan fingerprint density at radius 3 is 1.98 bits per heavy atom. The second-order valence-electron chi connectivity index (χ2n) is 11.5. The largest absolute Gasteiger partial charge is 0.506 e. The second-order valence-corrected chi connectivity index (χ2v) is 15.1. The van der Waals surface area contributed by atoms with Gasteiger partial charge in [-0.05, 0) is 78.5 Å². The van der Waals surface area contributed by atoms with Crippen molar-refractivity contribution in [1.29, 1.82) is 0 Å². The summed E-state index contributed by atoms with van der Waals surface area (Å²) in [4.78, 5) is 10.5. The number of benzene rings is 6. The van der Waals surface area contributed by atoms with Gasteiger partial charge in [0.25, 0.3) is 20.2 Å². The Bertz CT molecular complexity index is 2890. The maximum atomic E-state index is 12.0. The van der Waals surface area contributed by atoms with Crippen LogP contribution in [0.2, 0.25) is 0 Å². The van der Waals surface area contributed by atoms with Gasteiger partial charge in [-0.2, -0.15) is 21.9 Å². The monoisotopic (exact) mass is 820 g/mol. The summed E-state index contributed by atoms with van der Waals surface area (Å²) in [5.74, 6) is -2.67. The first-order valence-electron chi connectivity index (χ1n) is 15.4. The summed E-state index contributed by atoms with van der Waals surface area (Å²) in [6.07, 6.45) is 0. The lowest BCUT2D eigenvalue weighted by molar-refractivity contribution is -0.432. The maximum Gasteiger partial charge on any atom is 0.337 e. The van der Waals surface area contributed by atoms with E-state index in [0.717, 1.165) is 24.3 Å². The molecule has 0 saturated heterocycles. The molecule has 19 nitrogen and oxygen atoms in total. The van der Waals surface area contributed by atoms with Gasteiger partial charge in [-0.1, -0.05) is 29.3 Å². The summed E-state index contributed by atoms with van der Waals surface area (Å²) in [7, 11) is -9.77. The predicted molar refractivity (Wildman–Crippen MR) is 199 cm³/mol. The van der Waals surface area contributed by atoms with Gasteiger partial charge in [-0.3, -0.25) is 9.11 Å². The number of aromatic carboxylic acids is 1. The van der Waals surface area contributed by atoms with E-state index in [1.807, 2.05) is 0 Å². The fourth-order valence-electron chi connectivity index (χ4n) is 5.28. The number of rotatable bonds is 12. The van der Waals surface area contributed by atoms with E-state index in [9.17, 15) is 46.1 Å². The number of carboxylic acid groups (broad SMARTS) is 1. The van der Waals surface area contributed by atoms with Crippen LogP contribution in [0.3, 0.4) is 0 Å². The van der Waals surface area contributed by atoms with E-state index in [4.69, 9.17) is 5.26 Å². The number of carbonyl (C=O) groups is 1. The molecule has 0 aliphatic carbocycles. The zero-order chi connectivity index (χ0) is 40.4. The van der Waals surface area contributed by atoms with Crippen molar-refractivity contribution in [2.24, 2.45) is 30.7 Å². The average molecular weight is 821 g/mol. The third-order valence-electron chi connectivity index (χ3n) is 7.92. The molecule has 22 heteroatoms. The fourth-order valence-corrected chi connectivity index (χ4v) is 6.82. The summed E-state index contributed by atoms with van der Waals surface area (Å²) in [6.45, 7) is 1.61. The van der Waals surface area contributed by atoms with Crippen molar-refractivity contribution in [2.75, 3.05) is 0 Å². The molecule has 0 radical (unpaired) electrons. The Balaban J connectivity index is 1.36. The third-order valence-corrected chi connectivity index (χ3v) is 10.2. The van der Waals surface area contributed by atoms with Crippen LogP contribution in [0.1, 0.15) is 15.9 Å². The number of azo groups is 3. The van der Waals surface area contributed by atoms with Gasteiger partial charge in [0.2, 0.25) is 0 Å². The Morgan fingerprint density at radius 1 is 0.661 bits per heavy atom. The van der Waals surface area contributed by atoms with Crippen LogP contribution >= 0.6 is 12.0 Å². The molecule has 0 aliphatic rings. The number of aryl methyl sites for hydroxylation is 1. The van der Waals surface area contributed by atoms with Crippen molar-refractivity contribution < 1.29 is 60.7 Å². The molecule has 6 aromatic rings. The van der Waals surface area contributed by atoms with Crippen LogP contribution in [0.15, 0.2) is 136 Å². The minimum atomic E-state index is -5.06. The Kier molecular flexibility index (Phi) is 11.2. The number of fused-ring (bicyclic) bond motifs is 2. The lowest BCUT2D eigenvalue weighted by Gasteiger charge is -2.10. The van der Waals surface area contributed by atoms with Crippen molar-refractivity contribution >= 4 is 93.9 Å². The zero-order valence-corrected chi connectivity index (χ0v) is 30.6. The summed E-state index contributed by atoms with van der Waals surface area (Å²) in [6, 6.07) is 20.5. The van der Waals surface area contributed by atoms with Gasteiger partial charge in [0, 0.05) is 27.1 Å². The third kappa shape index (κ3) is 8.51. The number of hydrogen-bond acceptors (Lipinski definition) is 17. The lowest BCUT2D eigenvalue weighted by Crippen LogP contribution is -2.00. The SMILES string of the molecule is Cc1cc(N=Nc2c(O)c(S(=O)(=O)O)cc3cc(S(=O)(=O)O)ccc23)c(O)cc1N=Nc1ccc(N=Nc2ccccc2C(=O)O)c2cc(SOOO)ccc12. The molecule has 0 aromatic heterocycles. The van der Waals surface area contributed by atoms with Gasteiger partial charge < -0.3 is 15.3 Å². The van der Waals surface area contributed by atoms with Crippen molar-refractivity contribution in [2.45, 2.75) is 21.6 Å². The van der Waals surface area contributed by atoms with Crippen LogP contribution < -0.4 is 0 Å². The van der Waals surface area contributed by atoms with Crippen molar-refractivity contribution in [3.8, 4) is 11.5 Å². The highest BCUT2D eigenvalue weighted by molar-refractivity contribution is 7.94. The van der Waals surface area contributed by atoms with Gasteiger partial charge in [0.15, 0.2) is 5.75 Å². The molecule has 0 spiro atoms. The van der Waals surface area contributed by atoms with E-state index in [-0.39, 0.29) is 33.4 Å². The van der Waals surface area contributed by atoms with Crippen molar-refractivity contribution in [1.82, 2.24) is 0 Å². The minimum absolute atomic E-state index is 0.0163. The molecule has 0 atom stereocenters. The van der Waals surface area contributed by atoms with E-state index < -0.39 is 53.2 Å². The molecule has 0 amide bonds. The molecule has 0 aliphatic heterocycles. The number of hydrogen-bond donors (Lipinski definition) is 6. The van der Waals surface area contributed by atoms with Crippen LogP contribution in [-0.4, -0.2) is 52.5 Å². The average Bonchev–Trinajstić information content (AvgIpc) is 3.15. The van der Waals surface area contributed by atoms with Crippen molar-refractivity contribution in [3.05, 3.63) is 102 Å². The summed E-state index contributed by atoms with van der Waals surface area (Å²) in [5.41, 5.74) is 0.645. The molecule has 56 heavy (non-hydrogen) atoms. The van der Waals surface area contributed by atoms with Gasteiger partial charge in [0.05, 0.1) is 39.6 Å². The highest BCUT2D eigenvalue weighted by Gasteiger charge is 2.23. The highest BCUT2D eigenvalue weighted by atomic mass is 32.2. The van der Waals surface area contributed by atoms with E-state index in [0.29, 0.717) is 44.6 Å². The van der Waals surface area contributed by atoms with E-state index in [1.54, 1.807) is 49.4 Å². The summed E-state index contributed by atoms with van der Waals surface area (Å²) >= 11 is 0.689. The number of nitrogens with zero attached hydrogens (tertiary/aromatic N) is 6. The first-order chi connectivity index (χ1) is 26.5. The Hall–Kier alpha value is -6.24. The normalized spacial score (nSPS) is 12.5. The van der Waals surface area contributed by atoms with Gasteiger partial charge >= 0.3 is 5.97 Å². The van der Waals surface area contributed by atoms with Crippen LogP contribution in [0.25, 0.3) is 21.5 Å². The zero-order valence-electron chi connectivity index (χ0n) is 28.1. The van der Waals surface area contributed by atoms with Crippen LogP contribution in [0.4, 0.5) is 34.1 Å². The molecule has 6 aromatic carbocycles. The molecule has 6 N–H and O–H groups in total.